The third-order valence-electron chi connectivity index (χ3n) is 4.81. The van der Waals surface area contributed by atoms with Gasteiger partial charge >= 0.3 is 6.18 Å². The Morgan fingerprint density at radius 1 is 1.19 bits per heavy atom. The SMILES string of the molecule is CC([NH3+])CCOc1ccc2c(=O)c(O)c(/C=C/c3ccc(N(C)C)cc3)oc2c1.O=C([O-])C(F)(F)F. The van der Waals surface area contributed by atoms with Crippen molar-refractivity contribution < 1.29 is 43.1 Å². The van der Waals surface area contributed by atoms with Crippen LogP contribution in [0.2, 0.25) is 0 Å². The average molecular weight is 508 g/mol. The number of anilines is 1. The number of halogens is 3. The molecule has 2 aromatic carbocycles. The number of nitrogens with zero attached hydrogens (tertiary/aromatic N) is 1. The van der Waals surface area contributed by atoms with Crippen molar-refractivity contribution in [1.82, 2.24) is 0 Å². The number of quaternary nitrogens is 1. The second-order valence-corrected chi connectivity index (χ2v) is 8.15. The highest BCUT2D eigenvalue weighted by Crippen LogP contribution is 2.26. The lowest BCUT2D eigenvalue weighted by atomic mass is 10.1. The number of carboxylic acid groups (broad SMARTS) is 1. The molecule has 3 rings (SSSR count). The maximum absolute atomic E-state index is 12.5. The fourth-order valence-electron chi connectivity index (χ4n) is 2.82. The van der Waals surface area contributed by atoms with Crippen LogP contribution in [0.4, 0.5) is 18.9 Å². The van der Waals surface area contributed by atoms with Gasteiger partial charge in [0.2, 0.25) is 11.2 Å². The summed E-state index contributed by atoms with van der Waals surface area (Å²) in [7, 11) is 3.95. The van der Waals surface area contributed by atoms with E-state index in [4.69, 9.17) is 19.1 Å². The van der Waals surface area contributed by atoms with E-state index in [0.29, 0.717) is 29.4 Å². The standard InChI is InChI=1S/C23H26N2O4.C2HF3O2/c1-15(24)12-13-28-18-9-10-19-21(14-18)29-20(23(27)22(19)26)11-6-16-4-7-17(8-5-16)25(2)3;3-2(4,5)1(6)7/h4-11,14-15,27H,12-13,24H2,1-3H3;(H,6,7)/b11-6+;. The first-order valence-electron chi connectivity index (χ1n) is 10.8. The van der Waals surface area contributed by atoms with Crippen LogP contribution < -0.4 is 25.9 Å². The molecule has 0 amide bonds. The fraction of sp³-hybridized carbons (Fsp3) is 0.280. The van der Waals surface area contributed by atoms with Crippen molar-refractivity contribution in [3.63, 3.8) is 0 Å². The van der Waals surface area contributed by atoms with E-state index in [1.165, 1.54) is 0 Å². The van der Waals surface area contributed by atoms with E-state index in [0.717, 1.165) is 17.7 Å². The van der Waals surface area contributed by atoms with E-state index in [9.17, 15) is 23.1 Å². The lowest BCUT2D eigenvalue weighted by Crippen LogP contribution is -2.59. The number of carbonyl (C=O) groups is 1. The van der Waals surface area contributed by atoms with Crippen LogP contribution in [0, 0.1) is 0 Å². The van der Waals surface area contributed by atoms with Crippen LogP contribution in [-0.2, 0) is 4.79 Å². The molecular formula is C25H27F3N2O6. The Morgan fingerprint density at radius 2 is 1.81 bits per heavy atom. The van der Waals surface area contributed by atoms with Crippen molar-refractivity contribution in [2.75, 3.05) is 25.6 Å². The van der Waals surface area contributed by atoms with Crippen molar-refractivity contribution in [1.29, 1.82) is 0 Å². The molecule has 1 unspecified atom stereocenters. The number of rotatable bonds is 7. The van der Waals surface area contributed by atoms with Gasteiger partial charge < -0.3 is 34.8 Å². The number of ether oxygens (including phenoxy) is 1. The van der Waals surface area contributed by atoms with Crippen LogP contribution in [0.5, 0.6) is 11.5 Å². The quantitative estimate of drug-likeness (QED) is 0.501. The summed E-state index contributed by atoms with van der Waals surface area (Å²) in [6.07, 6.45) is -0.976. The molecule has 3 aromatic rings. The minimum Gasteiger partial charge on any atom is -0.542 e. The topological polar surface area (TPSA) is 131 Å². The van der Waals surface area contributed by atoms with Gasteiger partial charge in [-0.2, -0.15) is 13.2 Å². The molecule has 0 aliphatic rings. The van der Waals surface area contributed by atoms with E-state index in [2.05, 4.69) is 5.73 Å². The zero-order chi connectivity index (χ0) is 27.0. The molecule has 0 saturated heterocycles. The Hall–Kier alpha value is -3.99. The Morgan fingerprint density at radius 3 is 2.33 bits per heavy atom. The van der Waals surface area contributed by atoms with Crippen molar-refractivity contribution in [2.45, 2.75) is 25.6 Å². The number of hydrogen-bond donors (Lipinski definition) is 2. The van der Waals surface area contributed by atoms with Gasteiger partial charge in [0.1, 0.15) is 17.3 Å². The molecular weight excluding hydrogens is 481 g/mol. The van der Waals surface area contributed by atoms with E-state index >= 15 is 0 Å². The molecule has 0 saturated carbocycles. The zero-order valence-corrected chi connectivity index (χ0v) is 20.0. The Labute approximate surface area is 205 Å². The number of carbonyl (C=O) groups excluding carboxylic acids is 1. The van der Waals surface area contributed by atoms with Gasteiger partial charge in [-0.3, -0.25) is 4.79 Å². The highest BCUT2D eigenvalue weighted by Gasteiger charge is 2.28. The molecule has 36 heavy (non-hydrogen) atoms. The summed E-state index contributed by atoms with van der Waals surface area (Å²) in [5.41, 5.74) is 5.85. The van der Waals surface area contributed by atoms with Gasteiger partial charge in [-0.25, -0.2) is 0 Å². The van der Waals surface area contributed by atoms with Gasteiger partial charge in [0.05, 0.1) is 18.0 Å². The maximum Gasteiger partial charge on any atom is 0.430 e. The molecule has 1 aromatic heterocycles. The van der Waals surface area contributed by atoms with Crippen molar-refractivity contribution in [2.24, 2.45) is 0 Å². The van der Waals surface area contributed by atoms with Gasteiger partial charge in [-0.1, -0.05) is 18.2 Å². The van der Waals surface area contributed by atoms with Crippen molar-refractivity contribution in [3.05, 3.63) is 64.0 Å². The number of carboxylic acids is 1. The Bertz CT molecular complexity index is 1270. The smallest absolute Gasteiger partial charge is 0.430 e. The first-order valence-corrected chi connectivity index (χ1v) is 10.8. The minimum absolute atomic E-state index is 0.114. The second-order valence-electron chi connectivity index (χ2n) is 8.15. The molecule has 0 aliphatic carbocycles. The van der Waals surface area contributed by atoms with Crippen LogP contribution >= 0.6 is 0 Å². The van der Waals surface area contributed by atoms with Gasteiger partial charge in [-0.05, 0) is 42.8 Å². The van der Waals surface area contributed by atoms with Crippen LogP contribution in [0.1, 0.15) is 24.7 Å². The lowest BCUT2D eigenvalue weighted by Gasteiger charge is -2.11. The number of aliphatic carboxylic acids is 1. The first kappa shape index (κ1) is 28.2. The van der Waals surface area contributed by atoms with Crippen LogP contribution in [0.15, 0.2) is 51.7 Å². The summed E-state index contributed by atoms with van der Waals surface area (Å²) < 4.78 is 43.0. The van der Waals surface area contributed by atoms with Crippen molar-refractivity contribution in [3.8, 4) is 11.5 Å². The number of alkyl halides is 3. The summed E-state index contributed by atoms with van der Waals surface area (Å²) in [6.45, 7) is 2.56. The summed E-state index contributed by atoms with van der Waals surface area (Å²) in [5.74, 6) is -2.69. The summed E-state index contributed by atoms with van der Waals surface area (Å²) in [5, 5.41) is 19.4. The van der Waals surface area contributed by atoms with Crippen LogP contribution in [0.25, 0.3) is 23.1 Å². The van der Waals surface area contributed by atoms with Gasteiger partial charge in [-0.15, -0.1) is 0 Å². The van der Waals surface area contributed by atoms with Crippen molar-refractivity contribution >= 4 is 34.8 Å². The predicted molar refractivity (Wildman–Crippen MR) is 127 cm³/mol. The van der Waals surface area contributed by atoms with E-state index < -0.39 is 23.3 Å². The zero-order valence-electron chi connectivity index (χ0n) is 20.0. The molecule has 0 aliphatic heterocycles. The van der Waals surface area contributed by atoms with E-state index in [-0.39, 0.29) is 5.76 Å². The van der Waals surface area contributed by atoms with Crippen LogP contribution in [-0.4, -0.2) is 44.0 Å². The normalized spacial score (nSPS) is 12.2. The van der Waals surface area contributed by atoms with E-state index in [1.807, 2.05) is 50.2 Å². The van der Waals surface area contributed by atoms with E-state index in [1.54, 1.807) is 30.4 Å². The lowest BCUT2D eigenvalue weighted by molar-refractivity contribution is -0.415. The largest absolute Gasteiger partial charge is 0.542 e. The second kappa shape index (κ2) is 12.1. The summed E-state index contributed by atoms with van der Waals surface area (Å²) >= 11 is 0. The molecule has 0 bridgehead atoms. The molecule has 11 heteroatoms. The number of benzene rings is 2. The Balaban J connectivity index is 0.000000572. The number of aromatic hydroxyl groups is 1. The molecule has 0 spiro atoms. The Kier molecular flexibility index (Phi) is 9.51. The monoisotopic (exact) mass is 508 g/mol. The predicted octanol–water partition coefficient (Wildman–Crippen LogP) is 2.43. The highest BCUT2D eigenvalue weighted by molar-refractivity contribution is 5.82. The molecule has 4 N–H and O–H groups in total. The number of hydrogen-bond acceptors (Lipinski definition) is 7. The summed E-state index contributed by atoms with van der Waals surface area (Å²) in [6, 6.07) is 13.2. The molecule has 194 valence electrons. The van der Waals surface area contributed by atoms with Gasteiger partial charge in [0.15, 0.2) is 5.76 Å². The van der Waals surface area contributed by atoms with Crippen LogP contribution in [0.3, 0.4) is 0 Å². The minimum atomic E-state index is -5.19. The molecule has 0 fully saturated rings. The van der Waals surface area contributed by atoms with Gasteiger partial charge in [0.25, 0.3) is 0 Å². The number of fused-ring (bicyclic) bond motifs is 1. The first-order chi connectivity index (χ1) is 16.8. The average Bonchev–Trinajstić information content (AvgIpc) is 2.80. The molecule has 1 atom stereocenters. The van der Waals surface area contributed by atoms with Gasteiger partial charge in [0, 0.05) is 32.3 Å². The maximum atomic E-state index is 12.5. The molecule has 8 nitrogen and oxygen atoms in total. The molecule has 1 heterocycles. The molecule has 0 radical (unpaired) electrons. The third kappa shape index (κ3) is 8.05. The third-order valence-corrected chi connectivity index (χ3v) is 4.81. The highest BCUT2D eigenvalue weighted by atomic mass is 19.4. The fourth-order valence-corrected chi connectivity index (χ4v) is 2.82. The summed E-state index contributed by atoms with van der Waals surface area (Å²) in [4.78, 5) is 23.3.